The van der Waals surface area contributed by atoms with E-state index in [0.29, 0.717) is 0 Å². The van der Waals surface area contributed by atoms with Crippen LogP contribution in [0.15, 0.2) is 71.8 Å². The highest BCUT2D eigenvalue weighted by Crippen LogP contribution is 2.43. The van der Waals surface area contributed by atoms with E-state index in [1.807, 2.05) is 0 Å². The first-order chi connectivity index (χ1) is 12.1. The van der Waals surface area contributed by atoms with Gasteiger partial charge in [0.15, 0.2) is 0 Å². The molecule has 0 saturated heterocycles. The maximum atomic E-state index is 2.51. The van der Waals surface area contributed by atoms with Gasteiger partial charge in [-0.05, 0) is 73.9 Å². The number of nitrogens with zero attached hydrogens (tertiary/aromatic N) is 1. The lowest BCUT2D eigenvalue weighted by molar-refractivity contribution is 0.441. The van der Waals surface area contributed by atoms with Gasteiger partial charge in [-0.15, -0.1) is 0 Å². The number of hydrogen-bond acceptors (Lipinski definition) is 1. The average Bonchev–Trinajstić information content (AvgIpc) is 2.66. The second-order valence-corrected chi connectivity index (χ2v) is 7.75. The zero-order valence-electron chi connectivity index (χ0n) is 15.5. The molecular weight excluding hydrogens is 302 g/mol. The SMILES string of the molecule is CC1=CC=C(C2(C)CCc3cc(-c4ccccc4)ccc3N2C)CC1. The fourth-order valence-electron chi connectivity index (χ4n) is 4.30. The fourth-order valence-corrected chi connectivity index (χ4v) is 4.30. The number of hydrogen-bond donors (Lipinski definition) is 0. The normalized spacial score (nSPS) is 22.9. The number of likely N-dealkylation sites (N-methyl/N-ethyl adjacent to an activating group) is 1. The topological polar surface area (TPSA) is 3.24 Å². The molecule has 1 heterocycles. The lowest BCUT2D eigenvalue weighted by Crippen LogP contribution is -2.49. The molecule has 0 N–H and O–H groups in total. The lowest BCUT2D eigenvalue weighted by Gasteiger charge is -2.47. The third kappa shape index (κ3) is 2.82. The third-order valence-corrected chi connectivity index (χ3v) is 6.22. The van der Waals surface area contributed by atoms with Gasteiger partial charge in [0.25, 0.3) is 0 Å². The molecule has 1 unspecified atom stereocenters. The molecule has 0 aromatic heterocycles. The van der Waals surface area contributed by atoms with E-state index in [-0.39, 0.29) is 5.54 Å². The molecule has 4 rings (SSSR count). The summed E-state index contributed by atoms with van der Waals surface area (Å²) in [6, 6.07) is 17.7. The van der Waals surface area contributed by atoms with Crippen molar-refractivity contribution in [3.8, 4) is 11.1 Å². The van der Waals surface area contributed by atoms with Gasteiger partial charge in [0.2, 0.25) is 0 Å². The summed E-state index contributed by atoms with van der Waals surface area (Å²) in [6.07, 6.45) is 9.42. The van der Waals surface area contributed by atoms with Crippen LogP contribution in [-0.2, 0) is 6.42 Å². The van der Waals surface area contributed by atoms with Gasteiger partial charge >= 0.3 is 0 Å². The molecule has 1 nitrogen and oxygen atoms in total. The van der Waals surface area contributed by atoms with Crippen LogP contribution in [0.5, 0.6) is 0 Å². The van der Waals surface area contributed by atoms with Crippen molar-refractivity contribution in [2.45, 2.75) is 45.1 Å². The van der Waals surface area contributed by atoms with Crippen molar-refractivity contribution >= 4 is 5.69 Å². The Morgan fingerprint density at radius 1 is 0.880 bits per heavy atom. The summed E-state index contributed by atoms with van der Waals surface area (Å²) in [5.41, 5.74) is 8.71. The second-order valence-electron chi connectivity index (χ2n) is 7.75. The number of anilines is 1. The smallest absolute Gasteiger partial charge is 0.0588 e. The van der Waals surface area contributed by atoms with Crippen molar-refractivity contribution < 1.29 is 0 Å². The van der Waals surface area contributed by atoms with Gasteiger partial charge < -0.3 is 4.90 Å². The molecule has 0 radical (unpaired) electrons. The van der Waals surface area contributed by atoms with Gasteiger partial charge in [-0.3, -0.25) is 0 Å². The van der Waals surface area contributed by atoms with Crippen molar-refractivity contribution in [2.75, 3.05) is 11.9 Å². The first-order valence-corrected chi connectivity index (χ1v) is 9.37. The summed E-state index contributed by atoms with van der Waals surface area (Å²) in [5.74, 6) is 0. The summed E-state index contributed by atoms with van der Waals surface area (Å²) in [7, 11) is 2.27. The van der Waals surface area contributed by atoms with E-state index < -0.39 is 0 Å². The lowest BCUT2D eigenvalue weighted by atomic mass is 9.76. The van der Waals surface area contributed by atoms with Crippen LogP contribution in [0.25, 0.3) is 11.1 Å². The van der Waals surface area contributed by atoms with E-state index in [9.17, 15) is 0 Å². The van der Waals surface area contributed by atoms with Crippen molar-refractivity contribution in [3.63, 3.8) is 0 Å². The Morgan fingerprint density at radius 3 is 2.40 bits per heavy atom. The molecule has 25 heavy (non-hydrogen) atoms. The average molecular weight is 329 g/mol. The molecule has 2 aliphatic rings. The van der Waals surface area contributed by atoms with Gasteiger partial charge in [0, 0.05) is 12.7 Å². The van der Waals surface area contributed by atoms with Crippen LogP contribution in [0.2, 0.25) is 0 Å². The van der Waals surface area contributed by atoms with Gasteiger partial charge in [-0.25, -0.2) is 0 Å². The van der Waals surface area contributed by atoms with Crippen LogP contribution in [0.3, 0.4) is 0 Å². The molecule has 1 atom stereocenters. The largest absolute Gasteiger partial charge is 0.365 e. The molecule has 1 aliphatic carbocycles. The van der Waals surface area contributed by atoms with Crippen molar-refractivity contribution in [2.24, 2.45) is 0 Å². The van der Waals surface area contributed by atoms with Crippen molar-refractivity contribution in [3.05, 3.63) is 77.4 Å². The van der Waals surface area contributed by atoms with Crippen LogP contribution in [0.1, 0.15) is 38.7 Å². The zero-order chi connectivity index (χ0) is 17.4. The Morgan fingerprint density at radius 2 is 1.68 bits per heavy atom. The summed E-state index contributed by atoms with van der Waals surface area (Å²) in [5, 5.41) is 0. The van der Waals surface area contributed by atoms with E-state index in [0.717, 1.165) is 6.42 Å². The molecule has 0 bridgehead atoms. The van der Waals surface area contributed by atoms with E-state index in [1.54, 1.807) is 5.57 Å². The molecule has 0 fully saturated rings. The van der Waals surface area contributed by atoms with Crippen LogP contribution >= 0.6 is 0 Å². The van der Waals surface area contributed by atoms with E-state index in [4.69, 9.17) is 0 Å². The van der Waals surface area contributed by atoms with Gasteiger partial charge in [0.1, 0.15) is 0 Å². The number of aryl methyl sites for hydroxylation is 1. The molecule has 128 valence electrons. The maximum Gasteiger partial charge on any atom is 0.0588 e. The highest BCUT2D eigenvalue weighted by molar-refractivity contribution is 5.71. The monoisotopic (exact) mass is 329 g/mol. The number of benzene rings is 2. The van der Waals surface area contributed by atoms with Crippen molar-refractivity contribution in [1.29, 1.82) is 0 Å². The highest BCUT2D eigenvalue weighted by Gasteiger charge is 2.37. The van der Waals surface area contributed by atoms with Crippen LogP contribution in [-0.4, -0.2) is 12.6 Å². The Balaban J connectivity index is 1.69. The molecule has 1 aliphatic heterocycles. The summed E-state index contributed by atoms with van der Waals surface area (Å²) < 4.78 is 0. The standard InChI is InChI=1S/C24H27N/c1-18-9-12-22(13-10-18)24(2)16-15-21-17-20(11-14-23(21)25(24)3)19-7-5-4-6-8-19/h4-9,11-12,14,17H,10,13,15-16H2,1-3H3. The predicted molar refractivity (Wildman–Crippen MR) is 108 cm³/mol. The zero-order valence-corrected chi connectivity index (χ0v) is 15.5. The molecule has 2 aromatic carbocycles. The van der Waals surface area contributed by atoms with Gasteiger partial charge in [0.05, 0.1) is 5.54 Å². The Hall–Kier alpha value is -2.28. The summed E-state index contributed by atoms with van der Waals surface area (Å²) >= 11 is 0. The number of rotatable bonds is 2. The minimum absolute atomic E-state index is 0.137. The van der Waals surface area contributed by atoms with E-state index >= 15 is 0 Å². The van der Waals surface area contributed by atoms with E-state index in [2.05, 4.69) is 86.5 Å². The van der Waals surface area contributed by atoms with Gasteiger partial charge in [-0.1, -0.05) is 54.1 Å². The molecule has 1 heteroatoms. The van der Waals surface area contributed by atoms with Crippen LogP contribution in [0.4, 0.5) is 5.69 Å². The first-order valence-electron chi connectivity index (χ1n) is 9.37. The Labute approximate surface area is 151 Å². The number of allylic oxidation sites excluding steroid dienone is 3. The van der Waals surface area contributed by atoms with Gasteiger partial charge in [-0.2, -0.15) is 0 Å². The Bertz CT molecular complexity index is 844. The van der Waals surface area contributed by atoms with Crippen LogP contribution in [0, 0.1) is 0 Å². The third-order valence-electron chi connectivity index (χ3n) is 6.22. The summed E-state index contributed by atoms with van der Waals surface area (Å²) in [4.78, 5) is 2.51. The quantitative estimate of drug-likeness (QED) is 0.637. The van der Waals surface area contributed by atoms with Crippen molar-refractivity contribution in [1.82, 2.24) is 0 Å². The number of fused-ring (bicyclic) bond motifs is 1. The molecule has 2 aromatic rings. The molecule has 0 amide bonds. The summed E-state index contributed by atoms with van der Waals surface area (Å²) in [6.45, 7) is 4.65. The fraction of sp³-hybridized carbons (Fsp3) is 0.333. The second kappa shape index (κ2) is 6.22. The molecular formula is C24H27N. The molecule has 0 spiro atoms. The molecule has 0 saturated carbocycles. The van der Waals surface area contributed by atoms with E-state index in [1.165, 1.54) is 47.2 Å². The minimum atomic E-state index is 0.137. The highest BCUT2D eigenvalue weighted by atomic mass is 15.2. The Kier molecular flexibility index (Phi) is 4.03. The predicted octanol–water partition coefficient (Wildman–Crippen LogP) is 6.16. The minimum Gasteiger partial charge on any atom is -0.365 e. The maximum absolute atomic E-state index is 2.51. The first kappa shape index (κ1) is 16.2. The van der Waals surface area contributed by atoms with Crippen LogP contribution < -0.4 is 4.90 Å².